The third-order valence-electron chi connectivity index (χ3n) is 2.90. The minimum absolute atomic E-state index is 0.0944. The molecule has 0 fully saturated rings. The number of carbonyl (C=O) groups excluding carboxylic acids is 1. The average Bonchev–Trinajstić information content (AvgIpc) is 2.78. The molecule has 0 saturated carbocycles. The van der Waals surface area contributed by atoms with Crippen LogP contribution in [0.15, 0.2) is 10.5 Å². The van der Waals surface area contributed by atoms with Crippen LogP contribution in [-0.2, 0) is 6.54 Å². The molecule has 1 heterocycles. The topological polar surface area (TPSA) is 91.6 Å². The summed E-state index contributed by atoms with van der Waals surface area (Å²) in [5.74, 6) is 1.81. The van der Waals surface area contributed by atoms with Gasteiger partial charge in [-0.25, -0.2) is 9.59 Å². The number of amides is 2. The van der Waals surface area contributed by atoms with E-state index in [2.05, 4.69) is 17.6 Å². The van der Waals surface area contributed by atoms with Crippen LogP contribution in [-0.4, -0.2) is 34.7 Å². The van der Waals surface area contributed by atoms with Gasteiger partial charge in [0, 0.05) is 6.04 Å². The maximum atomic E-state index is 11.7. The lowest BCUT2D eigenvalue weighted by Crippen LogP contribution is -2.40. The molecule has 0 radical (unpaired) electrons. The highest BCUT2D eigenvalue weighted by atomic mass is 32.2. The van der Waals surface area contributed by atoms with Crippen molar-refractivity contribution in [1.82, 2.24) is 10.6 Å². The van der Waals surface area contributed by atoms with E-state index in [0.717, 1.165) is 17.9 Å². The Kier molecular flexibility index (Phi) is 7.14. The van der Waals surface area contributed by atoms with Crippen molar-refractivity contribution in [3.05, 3.63) is 23.2 Å². The van der Waals surface area contributed by atoms with E-state index in [-0.39, 0.29) is 24.2 Å². The van der Waals surface area contributed by atoms with E-state index in [0.29, 0.717) is 11.5 Å². The number of carbonyl (C=O) groups is 2. The second kappa shape index (κ2) is 8.61. The molecule has 0 aliphatic rings. The third-order valence-corrected chi connectivity index (χ3v) is 3.83. The van der Waals surface area contributed by atoms with Crippen molar-refractivity contribution in [2.24, 2.45) is 0 Å². The van der Waals surface area contributed by atoms with Crippen molar-refractivity contribution in [1.29, 1.82) is 0 Å². The van der Waals surface area contributed by atoms with Gasteiger partial charge in [-0.1, -0.05) is 6.92 Å². The van der Waals surface area contributed by atoms with Crippen molar-refractivity contribution in [2.75, 3.05) is 11.5 Å². The molecule has 1 aromatic rings. The molecule has 21 heavy (non-hydrogen) atoms. The van der Waals surface area contributed by atoms with Crippen LogP contribution in [0.3, 0.4) is 0 Å². The highest BCUT2D eigenvalue weighted by Gasteiger charge is 2.14. The molecular formula is C14H22N2O4S. The lowest BCUT2D eigenvalue weighted by atomic mass is 10.2. The van der Waals surface area contributed by atoms with E-state index in [9.17, 15) is 9.59 Å². The molecular weight excluding hydrogens is 292 g/mol. The maximum absolute atomic E-state index is 11.7. The predicted molar refractivity (Wildman–Crippen MR) is 82.9 cm³/mol. The number of carboxylic acid groups (broad SMARTS) is 1. The van der Waals surface area contributed by atoms with Crippen LogP contribution in [0.2, 0.25) is 0 Å². The summed E-state index contributed by atoms with van der Waals surface area (Å²) in [7, 11) is 0. The smallest absolute Gasteiger partial charge is 0.339 e. The Morgan fingerprint density at radius 1 is 1.48 bits per heavy atom. The number of aromatic carboxylic acids is 1. The SMILES string of the molecule is CCSCCC(C)NC(=O)NCc1cc(C(=O)O)c(C)o1. The summed E-state index contributed by atoms with van der Waals surface area (Å²) < 4.78 is 5.28. The molecule has 3 N–H and O–H groups in total. The lowest BCUT2D eigenvalue weighted by molar-refractivity contribution is 0.0695. The van der Waals surface area contributed by atoms with Crippen LogP contribution in [0.25, 0.3) is 0 Å². The Morgan fingerprint density at radius 2 is 2.19 bits per heavy atom. The number of thioether (sulfide) groups is 1. The average molecular weight is 314 g/mol. The van der Waals surface area contributed by atoms with Gasteiger partial charge in [0.15, 0.2) is 0 Å². The van der Waals surface area contributed by atoms with Crippen molar-refractivity contribution in [2.45, 2.75) is 39.8 Å². The molecule has 2 amide bonds. The lowest BCUT2D eigenvalue weighted by Gasteiger charge is -2.13. The Labute approximate surface area is 128 Å². The first-order chi connectivity index (χ1) is 9.93. The molecule has 0 bridgehead atoms. The molecule has 0 aliphatic carbocycles. The zero-order valence-electron chi connectivity index (χ0n) is 12.6. The quantitative estimate of drug-likeness (QED) is 0.642. The molecule has 1 unspecified atom stereocenters. The Hall–Kier alpha value is -1.63. The first-order valence-electron chi connectivity index (χ1n) is 6.88. The van der Waals surface area contributed by atoms with Gasteiger partial charge in [-0.05, 0) is 37.8 Å². The summed E-state index contributed by atoms with van der Waals surface area (Å²) in [6.07, 6.45) is 0.912. The second-order valence-corrected chi connectivity index (χ2v) is 6.10. The zero-order chi connectivity index (χ0) is 15.8. The third kappa shape index (κ3) is 6.12. The van der Waals surface area contributed by atoms with Gasteiger partial charge in [-0.2, -0.15) is 11.8 Å². The van der Waals surface area contributed by atoms with E-state index in [1.54, 1.807) is 6.92 Å². The Morgan fingerprint density at radius 3 is 2.76 bits per heavy atom. The number of nitrogens with one attached hydrogen (secondary N) is 2. The van der Waals surface area contributed by atoms with E-state index in [4.69, 9.17) is 9.52 Å². The minimum Gasteiger partial charge on any atom is -0.478 e. The van der Waals surface area contributed by atoms with Crippen molar-refractivity contribution in [3.8, 4) is 0 Å². The summed E-state index contributed by atoms with van der Waals surface area (Å²) >= 11 is 1.84. The van der Waals surface area contributed by atoms with E-state index in [1.165, 1.54) is 6.07 Å². The minimum atomic E-state index is -1.03. The number of hydrogen-bond donors (Lipinski definition) is 3. The van der Waals surface area contributed by atoms with Crippen molar-refractivity contribution < 1.29 is 19.1 Å². The molecule has 118 valence electrons. The van der Waals surface area contributed by atoms with Crippen LogP contribution in [0.4, 0.5) is 4.79 Å². The van der Waals surface area contributed by atoms with Gasteiger partial charge in [0.05, 0.1) is 6.54 Å². The van der Waals surface area contributed by atoms with Gasteiger partial charge in [-0.15, -0.1) is 0 Å². The number of carboxylic acids is 1. The van der Waals surface area contributed by atoms with E-state index in [1.807, 2.05) is 18.7 Å². The van der Waals surface area contributed by atoms with Crippen LogP contribution >= 0.6 is 11.8 Å². The largest absolute Gasteiger partial charge is 0.478 e. The van der Waals surface area contributed by atoms with E-state index >= 15 is 0 Å². The number of urea groups is 1. The molecule has 7 heteroatoms. The van der Waals surface area contributed by atoms with Gasteiger partial charge < -0.3 is 20.2 Å². The molecule has 6 nitrogen and oxygen atoms in total. The number of aryl methyl sites for hydroxylation is 1. The standard InChI is InChI=1S/C14H22N2O4S/c1-4-21-6-5-9(2)16-14(19)15-8-11-7-12(13(17)18)10(3)20-11/h7,9H,4-6,8H2,1-3H3,(H,17,18)(H2,15,16,19). The second-order valence-electron chi connectivity index (χ2n) is 4.70. The Balaban J connectivity index is 2.36. The number of furan rings is 1. The van der Waals surface area contributed by atoms with Gasteiger partial charge in [-0.3, -0.25) is 0 Å². The van der Waals surface area contributed by atoms with Crippen LogP contribution < -0.4 is 10.6 Å². The van der Waals surface area contributed by atoms with Crippen LogP contribution in [0.5, 0.6) is 0 Å². The Bertz CT molecular complexity index is 487. The van der Waals surface area contributed by atoms with Gasteiger partial charge in [0.25, 0.3) is 0 Å². The van der Waals surface area contributed by atoms with Crippen molar-refractivity contribution >= 4 is 23.8 Å². The highest BCUT2D eigenvalue weighted by molar-refractivity contribution is 7.99. The molecule has 1 atom stereocenters. The van der Waals surface area contributed by atoms with E-state index < -0.39 is 5.97 Å². The fraction of sp³-hybridized carbons (Fsp3) is 0.571. The van der Waals surface area contributed by atoms with Crippen LogP contribution in [0.1, 0.15) is 42.1 Å². The maximum Gasteiger partial charge on any atom is 0.339 e. The summed E-state index contributed by atoms with van der Waals surface area (Å²) in [4.78, 5) is 22.6. The monoisotopic (exact) mass is 314 g/mol. The fourth-order valence-electron chi connectivity index (χ4n) is 1.76. The first-order valence-corrected chi connectivity index (χ1v) is 8.04. The number of rotatable bonds is 8. The first kappa shape index (κ1) is 17.4. The van der Waals surface area contributed by atoms with Gasteiger partial charge >= 0.3 is 12.0 Å². The molecule has 0 aliphatic heterocycles. The number of hydrogen-bond acceptors (Lipinski definition) is 4. The van der Waals surface area contributed by atoms with Crippen molar-refractivity contribution in [3.63, 3.8) is 0 Å². The summed E-state index contributed by atoms with van der Waals surface area (Å²) in [6, 6.07) is 1.24. The summed E-state index contributed by atoms with van der Waals surface area (Å²) in [5, 5.41) is 14.4. The van der Waals surface area contributed by atoms with Gasteiger partial charge in [0.2, 0.25) is 0 Å². The molecule has 1 aromatic heterocycles. The summed E-state index contributed by atoms with van der Waals surface area (Å²) in [5.41, 5.74) is 0.122. The highest BCUT2D eigenvalue weighted by Crippen LogP contribution is 2.14. The van der Waals surface area contributed by atoms with Gasteiger partial charge in [0.1, 0.15) is 17.1 Å². The molecule has 0 spiro atoms. The van der Waals surface area contributed by atoms with Crippen LogP contribution in [0, 0.1) is 6.92 Å². The molecule has 0 saturated heterocycles. The fourth-order valence-corrected chi connectivity index (χ4v) is 2.57. The molecule has 0 aromatic carbocycles. The zero-order valence-corrected chi connectivity index (χ0v) is 13.4. The normalized spacial score (nSPS) is 12.0. The molecule has 1 rings (SSSR count). The predicted octanol–water partition coefficient (Wildman–Crippen LogP) is 2.62. The summed E-state index contributed by atoms with van der Waals surface area (Å²) in [6.45, 7) is 5.80.